The van der Waals surface area contributed by atoms with Gasteiger partial charge in [-0.1, -0.05) is 48.0 Å². The number of ketones is 1. The number of nitrogens with one attached hydrogen (secondary N) is 1. The van der Waals surface area contributed by atoms with Gasteiger partial charge in [-0.15, -0.1) is 0 Å². The molecule has 0 aliphatic heterocycles. The minimum atomic E-state index is 0.0912. The Kier molecular flexibility index (Phi) is 4.72. The first-order chi connectivity index (χ1) is 9.65. The van der Waals surface area contributed by atoms with Crippen LogP contribution in [-0.2, 0) is 11.2 Å². The number of hydrogen-bond acceptors (Lipinski definition) is 2. The summed E-state index contributed by atoms with van der Waals surface area (Å²) in [6.45, 7) is 3.65. The van der Waals surface area contributed by atoms with Crippen molar-refractivity contribution in [3.63, 3.8) is 0 Å². The summed E-state index contributed by atoms with van der Waals surface area (Å²) in [5, 5.41) is 3.19. The summed E-state index contributed by atoms with van der Waals surface area (Å²) in [7, 11) is 0. The first-order valence-corrected chi connectivity index (χ1v) is 6.72. The first kappa shape index (κ1) is 14.1. The van der Waals surface area contributed by atoms with Crippen molar-refractivity contribution in [1.29, 1.82) is 0 Å². The third-order valence-corrected chi connectivity index (χ3v) is 3.15. The van der Waals surface area contributed by atoms with Crippen LogP contribution in [0.25, 0.3) is 0 Å². The van der Waals surface area contributed by atoms with Crippen molar-refractivity contribution in [2.75, 3.05) is 5.32 Å². The van der Waals surface area contributed by atoms with Crippen LogP contribution in [-0.4, -0.2) is 5.78 Å². The van der Waals surface area contributed by atoms with E-state index in [1.54, 1.807) is 13.1 Å². The molecule has 0 saturated heterocycles. The number of rotatable bonds is 5. The fraction of sp³-hybridized carbons (Fsp3) is 0.167. The lowest BCUT2D eigenvalue weighted by Gasteiger charge is -2.06. The molecule has 0 aromatic heterocycles. The van der Waals surface area contributed by atoms with Crippen molar-refractivity contribution in [1.82, 2.24) is 0 Å². The highest BCUT2D eigenvalue weighted by molar-refractivity contribution is 5.94. The van der Waals surface area contributed by atoms with Gasteiger partial charge in [0.2, 0.25) is 0 Å². The van der Waals surface area contributed by atoms with E-state index >= 15 is 0 Å². The van der Waals surface area contributed by atoms with Crippen LogP contribution in [0.4, 0.5) is 5.69 Å². The summed E-state index contributed by atoms with van der Waals surface area (Å²) >= 11 is 0. The quantitative estimate of drug-likeness (QED) is 0.824. The molecule has 0 bridgehead atoms. The molecule has 0 radical (unpaired) electrons. The molecule has 0 saturated carbocycles. The molecule has 1 N–H and O–H groups in total. The van der Waals surface area contributed by atoms with Gasteiger partial charge in [0.1, 0.15) is 0 Å². The molecule has 0 atom stereocenters. The summed E-state index contributed by atoms with van der Waals surface area (Å²) in [4.78, 5) is 11.7. The average Bonchev–Trinajstić information content (AvgIpc) is 2.46. The third-order valence-electron chi connectivity index (χ3n) is 3.15. The minimum absolute atomic E-state index is 0.0912. The number of aryl methyl sites for hydroxylation is 1. The van der Waals surface area contributed by atoms with Gasteiger partial charge in [0.15, 0.2) is 5.78 Å². The summed E-state index contributed by atoms with van der Waals surface area (Å²) in [5.74, 6) is 0.0912. The molecule has 2 aromatic rings. The molecule has 2 nitrogen and oxygen atoms in total. The second-order valence-corrected chi connectivity index (χ2v) is 4.90. The summed E-state index contributed by atoms with van der Waals surface area (Å²) in [5.41, 5.74) is 4.12. The molecule has 20 heavy (non-hydrogen) atoms. The van der Waals surface area contributed by atoms with Crippen LogP contribution in [0.1, 0.15) is 18.1 Å². The van der Waals surface area contributed by atoms with Crippen molar-refractivity contribution in [3.05, 3.63) is 77.5 Å². The van der Waals surface area contributed by atoms with Gasteiger partial charge in [0.05, 0.1) is 0 Å². The van der Waals surface area contributed by atoms with Gasteiger partial charge in [0, 0.05) is 23.9 Å². The maximum absolute atomic E-state index is 11.7. The van der Waals surface area contributed by atoms with Crippen molar-refractivity contribution in [3.8, 4) is 0 Å². The molecule has 0 amide bonds. The maximum Gasteiger partial charge on any atom is 0.157 e. The molecule has 0 aliphatic carbocycles. The molecule has 0 unspecified atom stereocenters. The molecule has 0 aliphatic rings. The number of benzene rings is 2. The predicted molar refractivity (Wildman–Crippen MR) is 83.7 cm³/mol. The number of anilines is 1. The van der Waals surface area contributed by atoms with Gasteiger partial charge < -0.3 is 5.32 Å². The van der Waals surface area contributed by atoms with Crippen LogP contribution in [0.3, 0.4) is 0 Å². The molecule has 2 aromatic carbocycles. The normalized spacial score (nSPS) is 11.2. The minimum Gasteiger partial charge on any atom is -0.361 e. The highest BCUT2D eigenvalue weighted by Gasteiger charge is 2.05. The predicted octanol–water partition coefficient (Wildman–Crippen LogP) is 4.12. The molecule has 102 valence electrons. The van der Waals surface area contributed by atoms with E-state index in [1.807, 2.05) is 54.6 Å². The van der Waals surface area contributed by atoms with Crippen molar-refractivity contribution < 1.29 is 4.79 Å². The van der Waals surface area contributed by atoms with Crippen molar-refractivity contribution >= 4 is 11.5 Å². The van der Waals surface area contributed by atoms with Crippen LogP contribution < -0.4 is 5.32 Å². The van der Waals surface area contributed by atoms with E-state index < -0.39 is 0 Å². The smallest absolute Gasteiger partial charge is 0.157 e. The Labute approximate surface area is 120 Å². The van der Waals surface area contributed by atoms with Gasteiger partial charge in [-0.05, 0) is 31.5 Å². The molecular formula is C18H19NO. The van der Waals surface area contributed by atoms with E-state index in [0.717, 1.165) is 16.8 Å². The fourth-order valence-corrected chi connectivity index (χ4v) is 1.91. The average molecular weight is 265 g/mol. The molecule has 2 heteroatoms. The maximum atomic E-state index is 11.7. The van der Waals surface area contributed by atoms with Crippen LogP contribution in [0.15, 0.2) is 66.4 Å². The number of Topliss-reactive ketones (excluding diaryl/α,β-unsaturated/α-hetero) is 1. The number of allylic oxidation sites excluding steroid dienone is 1. The van der Waals surface area contributed by atoms with Gasteiger partial charge in [0.25, 0.3) is 0 Å². The SMILES string of the molecule is CC(=O)C(=CNc1ccc(C)cc1)Cc1ccccc1. The highest BCUT2D eigenvalue weighted by atomic mass is 16.1. The molecule has 0 heterocycles. The van der Waals surface area contributed by atoms with Crippen molar-refractivity contribution in [2.45, 2.75) is 20.3 Å². The van der Waals surface area contributed by atoms with Crippen molar-refractivity contribution in [2.24, 2.45) is 0 Å². The van der Waals surface area contributed by atoms with E-state index in [1.165, 1.54) is 5.56 Å². The summed E-state index contributed by atoms with van der Waals surface area (Å²) in [6, 6.07) is 18.1. The van der Waals surface area contributed by atoms with E-state index in [4.69, 9.17) is 0 Å². The van der Waals surface area contributed by atoms with Gasteiger partial charge in [-0.25, -0.2) is 0 Å². The van der Waals surface area contributed by atoms with E-state index in [9.17, 15) is 4.79 Å². The fourth-order valence-electron chi connectivity index (χ4n) is 1.91. The molecule has 0 fully saturated rings. The molecular weight excluding hydrogens is 246 g/mol. The topological polar surface area (TPSA) is 29.1 Å². The first-order valence-electron chi connectivity index (χ1n) is 6.72. The number of hydrogen-bond donors (Lipinski definition) is 1. The lowest BCUT2D eigenvalue weighted by molar-refractivity contribution is -0.113. The number of carbonyl (C=O) groups is 1. The Morgan fingerprint density at radius 2 is 1.70 bits per heavy atom. The van der Waals surface area contributed by atoms with E-state index in [-0.39, 0.29) is 5.78 Å². The Hall–Kier alpha value is -2.35. The largest absolute Gasteiger partial charge is 0.361 e. The lowest BCUT2D eigenvalue weighted by atomic mass is 10.0. The van der Waals surface area contributed by atoms with E-state index in [2.05, 4.69) is 12.2 Å². The molecule has 0 spiro atoms. The summed E-state index contributed by atoms with van der Waals surface area (Å²) < 4.78 is 0. The van der Waals surface area contributed by atoms with E-state index in [0.29, 0.717) is 6.42 Å². The standard InChI is InChI=1S/C18H19NO/c1-14-8-10-18(11-9-14)19-13-17(15(2)20)12-16-6-4-3-5-7-16/h3-11,13,19H,12H2,1-2H3. The molecule has 2 rings (SSSR count). The number of carbonyl (C=O) groups excluding carboxylic acids is 1. The van der Waals surface area contributed by atoms with Crippen LogP contribution in [0.2, 0.25) is 0 Å². The Bertz CT molecular complexity index is 597. The Morgan fingerprint density at radius 1 is 1.05 bits per heavy atom. The lowest BCUT2D eigenvalue weighted by Crippen LogP contribution is -2.04. The van der Waals surface area contributed by atoms with Crippen LogP contribution >= 0.6 is 0 Å². The Morgan fingerprint density at radius 3 is 2.30 bits per heavy atom. The van der Waals surface area contributed by atoms with Crippen LogP contribution in [0.5, 0.6) is 0 Å². The second-order valence-electron chi connectivity index (χ2n) is 4.90. The zero-order chi connectivity index (χ0) is 14.4. The van der Waals surface area contributed by atoms with Gasteiger partial charge in [-0.3, -0.25) is 4.79 Å². The Balaban J connectivity index is 2.10. The van der Waals surface area contributed by atoms with Gasteiger partial charge >= 0.3 is 0 Å². The monoisotopic (exact) mass is 265 g/mol. The zero-order valence-electron chi connectivity index (χ0n) is 11.9. The highest BCUT2D eigenvalue weighted by Crippen LogP contribution is 2.12. The second kappa shape index (κ2) is 6.71. The zero-order valence-corrected chi connectivity index (χ0v) is 11.9. The van der Waals surface area contributed by atoms with Gasteiger partial charge in [-0.2, -0.15) is 0 Å². The van der Waals surface area contributed by atoms with Crippen LogP contribution in [0, 0.1) is 6.92 Å². The summed E-state index contributed by atoms with van der Waals surface area (Å²) in [6.07, 6.45) is 2.45. The third kappa shape index (κ3) is 4.09.